The van der Waals surface area contributed by atoms with Crippen LogP contribution in [-0.2, 0) is 20.1 Å². The summed E-state index contributed by atoms with van der Waals surface area (Å²) in [7, 11) is 2.07. The first-order valence-electron chi connectivity index (χ1n) is 21.4. The standard InChI is InChI=1S/C47H47Cl2N3O3.2C2H6.C2H4/c1-8-32(6)52-46(40-25-51(7)42-17-14-33(26-53)24-39(40)42)37(13-11-19-54-35-22-30(4)45(49)31(5)23-35)38-15-16-41(48)44(47(38)52)43-28(2)20-36(21-29(43)3)55-27-34-12-9-10-18-50-34;3*1-2/h9-10,12,14-18,20-26,32H,8,11,13,19,27H2,1-7H3;2*1-2H3;1-2H2/t32-;;;/m1.../s1. The van der Waals surface area contributed by atoms with E-state index in [1.165, 1.54) is 5.56 Å². The van der Waals surface area contributed by atoms with Gasteiger partial charge in [0.15, 0.2) is 0 Å². The summed E-state index contributed by atoms with van der Waals surface area (Å²) in [6.45, 7) is 27.7. The van der Waals surface area contributed by atoms with Crippen LogP contribution in [0.15, 0.2) is 98.3 Å². The smallest absolute Gasteiger partial charge is 0.150 e. The SMILES string of the molecule is C=C.CC.CC.CC[C@@H](C)n1c(-c2cn(C)c3ccc(C=O)cc23)c(CCCOc2cc(C)c(Cl)c(C)c2)c2ccc(Cl)c(-c3c(C)cc(OCc4ccccn4)cc3C)c21. The van der Waals surface area contributed by atoms with Crippen molar-refractivity contribution < 1.29 is 14.3 Å². The van der Waals surface area contributed by atoms with Crippen molar-refractivity contribution in [3.8, 4) is 33.9 Å². The van der Waals surface area contributed by atoms with E-state index < -0.39 is 0 Å². The van der Waals surface area contributed by atoms with Crippen LogP contribution in [0.2, 0.25) is 10.0 Å². The normalized spacial score (nSPS) is 11.2. The van der Waals surface area contributed by atoms with E-state index in [9.17, 15) is 4.79 Å². The molecule has 6 nitrogen and oxygen atoms in total. The van der Waals surface area contributed by atoms with E-state index in [2.05, 4.69) is 86.4 Å². The van der Waals surface area contributed by atoms with Gasteiger partial charge in [-0.3, -0.25) is 9.78 Å². The molecule has 0 N–H and O–H groups in total. The average molecular weight is 861 g/mol. The number of aryl methyl sites for hydroxylation is 6. The minimum atomic E-state index is 0.130. The Kier molecular flexibility index (Phi) is 17.9. The number of ether oxygens (including phenoxy) is 2. The topological polar surface area (TPSA) is 58.3 Å². The van der Waals surface area contributed by atoms with Gasteiger partial charge in [0, 0.05) is 63.5 Å². The van der Waals surface area contributed by atoms with Crippen LogP contribution in [0.5, 0.6) is 11.5 Å². The Bertz CT molecular complexity index is 2520. The molecule has 0 bridgehead atoms. The molecule has 61 heavy (non-hydrogen) atoms. The molecule has 7 rings (SSSR count). The number of aromatic nitrogens is 3. The molecule has 3 aromatic heterocycles. The number of pyridine rings is 1. The number of hydrogen-bond acceptors (Lipinski definition) is 4. The van der Waals surface area contributed by atoms with Crippen LogP contribution in [0, 0.1) is 27.7 Å². The van der Waals surface area contributed by atoms with E-state index in [1.54, 1.807) is 6.20 Å². The van der Waals surface area contributed by atoms with Crippen molar-refractivity contribution in [3.63, 3.8) is 0 Å². The Hall–Kier alpha value is -5.30. The lowest BCUT2D eigenvalue weighted by Crippen LogP contribution is -2.08. The van der Waals surface area contributed by atoms with Crippen molar-refractivity contribution in [1.82, 2.24) is 14.1 Å². The summed E-state index contributed by atoms with van der Waals surface area (Å²) in [6.07, 6.45) is 7.37. The Balaban J connectivity index is 0.00000131. The fourth-order valence-electron chi connectivity index (χ4n) is 7.99. The lowest BCUT2D eigenvalue weighted by Gasteiger charge is -2.22. The molecule has 4 aromatic carbocycles. The molecule has 0 saturated carbocycles. The summed E-state index contributed by atoms with van der Waals surface area (Å²) in [6, 6.07) is 24.3. The van der Waals surface area contributed by atoms with Gasteiger partial charge in [-0.2, -0.15) is 0 Å². The van der Waals surface area contributed by atoms with Gasteiger partial charge in [-0.25, -0.2) is 0 Å². The third kappa shape index (κ3) is 10.4. The summed E-state index contributed by atoms with van der Waals surface area (Å²) in [5, 5.41) is 3.66. The van der Waals surface area contributed by atoms with Gasteiger partial charge in [0.05, 0.1) is 28.5 Å². The second-order valence-electron chi connectivity index (χ2n) is 14.7. The Labute approximate surface area is 374 Å². The van der Waals surface area contributed by atoms with Crippen LogP contribution in [-0.4, -0.2) is 27.0 Å². The molecule has 0 aliphatic rings. The summed E-state index contributed by atoms with van der Waals surface area (Å²) >= 11 is 13.8. The Morgan fingerprint density at radius 1 is 0.803 bits per heavy atom. The number of nitrogens with zero attached hydrogens (tertiary/aromatic N) is 3. The molecule has 0 aliphatic carbocycles. The predicted molar refractivity (Wildman–Crippen MR) is 261 cm³/mol. The van der Waals surface area contributed by atoms with E-state index >= 15 is 0 Å². The van der Waals surface area contributed by atoms with Crippen LogP contribution in [0.25, 0.3) is 44.2 Å². The fourth-order valence-corrected chi connectivity index (χ4v) is 8.35. The van der Waals surface area contributed by atoms with Crippen molar-refractivity contribution in [2.24, 2.45) is 7.05 Å². The zero-order valence-electron chi connectivity index (χ0n) is 38.0. The molecule has 0 aliphatic heterocycles. The van der Waals surface area contributed by atoms with E-state index in [1.807, 2.05) is 96.1 Å². The fraction of sp³-hybridized carbons (Fsp3) is 0.321. The highest BCUT2D eigenvalue weighted by Crippen LogP contribution is 2.48. The van der Waals surface area contributed by atoms with Crippen LogP contribution in [0.1, 0.15) is 104 Å². The molecule has 322 valence electrons. The van der Waals surface area contributed by atoms with Crippen LogP contribution >= 0.6 is 23.2 Å². The summed E-state index contributed by atoms with van der Waals surface area (Å²) in [4.78, 5) is 16.5. The molecular formula is C53H63Cl2N3O3. The molecule has 0 unspecified atom stereocenters. The molecule has 1 atom stereocenters. The second kappa shape index (κ2) is 22.5. The number of aldehydes is 1. The molecule has 0 spiro atoms. The van der Waals surface area contributed by atoms with Crippen molar-refractivity contribution in [3.05, 3.63) is 147 Å². The Morgan fingerprint density at radius 2 is 1.44 bits per heavy atom. The zero-order valence-corrected chi connectivity index (χ0v) is 39.5. The summed E-state index contributed by atoms with van der Waals surface area (Å²) in [5.74, 6) is 1.61. The van der Waals surface area contributed by atoms with Gasteiger partial charge in [-0.05, 0) is 148 Å². The molecular weight excluding hydrogens is 798 g/mol. The van der Waals surface area contributed by atoms with Gasteiger partial charge in [0.25, 0.3) is 0 Å². The second-order valence-corrected chi connectivity index (χ2v) is 15.5. The minimum Gasteiger partial charge on any atom is -0.494 e. The van der Waals surface area contributed by atoms with Gasteiger partial charge in [-0.1, -0.05) is 70.0 Å². The van der Waals surface area contributed by atoms with Crippen LogP contribution in [0.3, 0.4) is 0 Å². The highest BCUT2D eigenvalue weighted by molar-refractivity contribution is 6.35. The van der Waals surface area contributed by atoms with E-state index in [0.717, 1.165) is 114 Å². The first kappa shape index (κ1) is 48.4. The first-order valence-corrected chi connectivity index (χ1v) is 22.2. The molecule has 7 aromatic rings. The van der Waals surface area contributed by atoms with Crippen molar-refractivity contribution in [2.75, 3.05) is 6.61 Å². The quantitative estimate of drug-likeness (QED) is 0.0658. The van der Waals surface area contributed by atoms with Crippen LogP contribution < -0.4 is 9.47 Å². The molecule has 0 radical (unpaired) electrons. The summed E-state index contributed by atoms with van der Waals surface area (Å²) < 4.78 is 17.2. The average Bonchev–Trinajstić information content (AvgIpc) is 3.79. The monoisotopic (exact) mass is 859 g/mol. The third-order valence-electron chi connectivity index (χ3n) is 10.8. The van der Waals surface area contributed by atoms with Gasteiger partial charge in [0.1, 0.15) is 24.4 Å². The van der Waals surface area contributed by atoms with E-state index in [-0.39, 0.29) is 6.04 Å². The Morgan fingerprint density at radius 3 is 2.05 bits per heavy atom. The number of carbonyl (C=O) groups excluding carboxylic acids is 1. The van der Waals surface area contributed by atoms with Crippen molar-refractivity contribution in [1.29, 1.82) is 0 Å². The van der Waals surface area contributed by atoms with Crippen molar-refractivity contribution >= 4 is 51.3 Å². The maximum absolute atomic E-state index is 12.1. The van der Waals surface area contributed by atoms with Crippen molar-refractivity contribution in [2.45, 2.75) is 101 Å². The number of halogens is 2. The summed E-state index contributed by atoms with van der Waals surface area (Å²) in [5.41, 5.74) is 13.4. The number of hydrogen-bond donors (Lipinski definition) is 0. The van der Waals surface area contributed by atoms with E-state index in [0.29, 0.717) is 23.8 Å². The lowest BCUT2D eigenvalue weighted by atomic mass is 9.92. The van der Waals surface area contributed by atoms with E-state index in [4.69, 9.17) is 32.7 Å². The molecule has 0 amide bonds. The van der Waals surface area contributed by atoms with Gasteiger partial charge < -0.3 is 18.6 Å². The third-order valence-corrected chi connectivity index (χ3v) is 11.7. The number of carbonyl (C=O) groups is 1. The zero-order chi connectivity index (χ0) is 45.0. The van der Waals surface area contributed by atoms with Crippen LogP contribution in [0.4, 0.5) is 0 Å². The maximum atomic E-state index is 12.1. The lowest BCUT2D eigenvalue weighted by molar-refractivity contribution is 0.112. The number of rotatable bonds is 13. The molecule has 0 saturated heterocycles. The molecule has 8 heteroatoms. The molecule has 3 heterocycles. The maximum Gasteiger partial charge on any atom is 0.150 e. The highest BCUT2D eigenvalue weighted by atomic mass is 35.5. The highest BCUT2D eigenvalue weighted by Gasteiger charge is 2.28. The molecule has 0 fully saturated rings. The number of fused-ring (bicyclic) bond motifs is 2. The first-order chi connectivity index (χ1) is 29.5. The number of benzene rings is 4. The van der Waals surface area contributed by atoms with Gasteiger partial charge in [0.2, 0.25) is 0 Å². The largest absolute Gasteiger partial charge is 0.494 e. The minimum absolute atomic E-state index is 0.130. The van der Waals surface area contributed by atoms with Gasteiger partial charge >= 0.3 is 0 Å². The predicted octanol–water partition coefficient (Wildman–Crippen LogP) is 15.6. The van der Waals surface area contributed by atoms with Gasteiger partial charge in [-0.15, -0.1) is 13.2 Å².